The van der Waals surface area contributed by atoms with Gasteiger partial charge in [0, 0.05) is 6.07 Å². The van der Waals surface area contributed by atoms with Crippen LogP contribution in [-0.4, -0.2) is 17.6 Å². The van der Waals surface area contributed by atoms with E-state index in [0.29, 0.717) is 5.76 Å². The monoisotopic (exact) mass is 176 g/mol. The summed E-state index contributed by atoms with van der Waals surface area (Å²) < 4.78 is 29.9. The quantitative estimate of drug-likeness (QED) is 0.750. The summed E-state index contributed by atoms with van der Waals surface area (Å²) in [5.74, 6) is -2.36. The normalized spacial score (nSPS) is 12.0. The first kappa shape index (κ1) is 9.12. The fraction of sp³-hybridized carbons (Fsp3) is 0.571. The summed E-state index contributed by atoms with van der Waals surface area (Å²) in [5, 5.41) is 3.44. The zero-order chi connectivity index (χ0) is 9.19. The molecule has 0 fully saturated rings. The van der Waals surface area contributed by atoms with Crippen LogP contribution in [0.2, 0.25) is 0 Å². The van der Waals surface area contributed by atoms with Gasteiger partial charge in [0.25, 0.3) is 5.92 Å². The molecule has 0 amide bonds. The molecule has 2 N–H and O–H groups in total. The Balaban J connectivity index is 2.63. The highest BCUT2D eigenvalue weighted by molar-refractivity contribution is 5.05. The second-order valence-corrected chi connectivity index (χ2v) is 2.67. The van der Waals surface area contributed by atoms with E-state index >= 15 is 0 Å². The minimum atomic E-state index is -2.89. The van der Waals surface area contributed by atoms with Crippen molar-refractivity contribution in [3.05, 3.63) is 17.5 Å². The average molecular weight is 176 g/mol. The Hall–Kier alpha value is -0.970. The van der Waals surface area contributed by atoms with Gasteiger partial charge in [0.2, 0.25) is 0 Å². The molecule has 0 aliphatic heterocycles. The van der Waals surface area contributed by atoms with Crippen molar-refractivity contribution in [2.75, 3.05) is 6.54 Å². The SMILES string of the molecule is Cc1cc(CC(F)(F)CN)no1. The first-order valence-electron chi connectivity index (χ1n) is 3.53. The van der Waals surface area contributed by atoms with Gasteiger partial charge in [0.1, 0.15) is 5.76 Å². The van der Waals surface area contributed by atoms with Gasteiger partial charge in [-0.15, -0.1) is 0 Å². The summed E-state index contributed by atoms with van der Waals surface area (Å²) in [6, 6.07) is 1.48. The van der Waals surface area contributed by atoms with Crippen LogP contribution in [0.3, 0.4) is 0 Å². The molecule has 0 aliphatic rings. The van der Waals surface area contributed by atoms with Gasteiger partial charge in [0.05, 0.1) is 18.7 Å². The van der Waals surface area contributed by atoms with Crippen LogP contribution in [0.25, 0.3) is 0 Å². The smallest absolute Gasteiger partial charge is 0.265 e. The van der Waals surface area contributed by atoms with Gasteiger partial charge in [0.15, 0.2) is 0 Å². The van der Waals surface area contributed by atoms with Gasteiger partial charge < -0.3 is 10.3 Å². The molecule has 5 heteroatoms. The third-order valence-corrected chi connectivity index (χ3v) is 1.42. The van der Waals surface area contributed by atoms with E-state index in [2.05, 4.69) is 9.68 Å². The zero-order valence-corrected chi connectivity index (χ0v) is 6.68. The first-order valence-corrected chi connectivity index (χ1v) is 3.53. The number of hydrogen-bond acceptors (Lipinski definition) is 3. The number of rotatable bonds is 3. The fourth-order valence-corrected chi connectivity index (χ4v) is 0.838. The maximum Gasteiger partial charge on any atom is 0.265 e. The Morgan fingerprint density at radius 2 is 2.33 bits per heavy atom. The topological polar surface area (TPSA) is 52.0 Å². The standard InChI is InChI=1S/C7H10F2N2O/c1-5-2-6(11-12-5)3-7(8,9)4-10/h2H,3-4,10H2,1H3. The van der Waals surface area contributed by atoms with E-state index in [0.717, 1.165) is 0 Å². The van der Waals surface area contributed by atoms with Crippen molar-refractivity contribution in [3.8, 4) is 0 Å². The summed E-state index contributed by atoms with van der Waals surface area (Å²) in [6.07, 6.45) is -0.458. The van der Waals surface area contributed by atoms with E-state index in [1.54, 1.807) is 6.92 Å². The number of halogens is 2. The Morgan fingerprint density at radius 3 is 2.75 bits per heavy atom. The first-order chi connectivity index (χ1) is 5.53. The molecule has 0 aromatic carbocycles. The Labute approximate surface area is 68.5 Å². The Bertz CT molecular complexity index is 260. The Morgan fingerprint density at radius 1 is 1.67 bits per heavy atom. The van der Waals surface area contributed by atoms with Crippen molar-refractivity contribution in [2.45, 2.75) is 19.3 Å². The minimum absolute atomic E-state index is 0.239. The molecule has 0 unspecified atom stereocenters. The van der Waals surface area contributed by atoms with Gasteiger partial charge in [-0.05, 0) is 6.92 Å². The lowest BCUT2D eigenvalue weighted by molar-refractivity contribution is 0.00986. The van der Waals surface area contributed by atoms with Gasteiger partial charge in [-0.1, -0.05) is 5.16 Å². The molecular formula is C7H10F2N2O. The molecule has 1 heterocycles. The summed E-state index contributed by atoms with van der Waals surface area (Å²) in [4.78, 5) is 0. The van der Waals surface area contributed by atoms with Crippen molar-refractivity contribution < 1.29 is 13.3 Å². The van der Waals surface area contributed by atoms with E-state index in [-0.39, 0.29) is 5.69 Å². The third-order valence-electron chi connectivity index (χ3n) is 1.42. The molecule has 0 saturated carbocycles. The number of nitrogens with zero attached hydrogens (tertiary/aromatic N) is 1. The average Bonchev–Trinajstić information content (AvgIpc) is 2.35. The molecule has 1 aromatic heterocycles. The van der Waals surface area contributed by atoms with Gasteiger partial charge in [-0.25, -0.2) is 8.78 Å². The summed E-state index contributed by atoms with van der Waals surface area (Å²) in [5.41, 5.74) is 5.09. The highest BCUT2D eigenvalue weighted by atomic mass is 19.3. The number of aryl methyl sites for hydroxylation is 1. The molecule has 3 nitrogen and oxygen atoms in total. The second-order valence-electron chi connectivity index (χ2n) is 2.67. The predicted octanol–water partition coefficient (Wildman–Crippen LogP) is 1.12. The molecule has 0 atom stereocenters. The molecule has 0 radical (unpaired) electrons. The van der Waals surface area contributed by atoms with Crippen molar-refractivity contribution >= 4 is 0 Å². The van der Waals surface area contributed by atoms with Crippen LogP contribution in [0.15, 0.2) is 10.6 Å². The second kappa shape index (κ2) is 3.18. The molecule has 68 valence electrons. The number of aromatic nitrogens is 1. The van der Waals surface area contributed by atoms with Crippen LogP contribution in [0.4, 0.5) is 8.78 Å². The number of alkyl halides is 2. The fourth-order valence-electron chi connectivity index (χ4n) is 0.838. The third kappa shape index (κ3) is 2.27. The molecular weight excluding hydrogens is 166 g/mol. The van der Waals surface area contributed by atoms with E-state index in [9.17, 15) is 8.78 Å². The van der Waals surface area contributed by atoms with Crippen LogP contribution >= 0.6 is 0 Å². The van der Waals surface area contributed by atoms with Crippen molar-refractivity contribution in [3.63, 3.8) is 0 Å². The molecule has 0 spiro atoms. The van der Waals surface area contributed by atoms with Crippen LogP contribution in [-0.2, 0) is 6.42 Å². The van der Waals surface area contributed by atoms with Crippen molar-refractivity contribution in [2.24, 2.45) is 5.73 Å². The van der Waals surface area contributed by atoms with E-state index in [4.69, 9.17) is 5.73 Å². The molecule has 1 aromatic rings. The van der Waals surface area contributed by atoms with Crippen molar-refractivity contribution in [1.29, 1.82) is 0 Å². The van der Waals surface area contributed by atoms with Crippen LogP contribution in [0.5, 0.6) is 0 Å². The van der Waals surface area contributed by atoms with Gasteiger partial charge in [-0.3, -0.25) is 0 Å². The van der Waals surface area contributed by atoms with Crippen LogP contribution in [0, 0.1) is 6.92 Å². The van der Waals surface area contributed by atoms with E-state index < -0.39 is 18.9 Å². The lowest BCUT2D eigenvalue weighted by atomic mass is 10.2. The van der Waals surface area contributed by atoms with Crippen LogP contribution < -0.4 is 5.73 Å². The highest BCUT2D eigenvalue weighted by Crippen LogP contribution is 2.17. The lowest BCUT2D eigenvalue weighted by Crippen LogP contribution is -2.30. The largest absolute Gasteiger partial charge is 0.361 e. The minimum Gasteiger partial charge on any atom is -0.361 e. The maximum atomic E-state index is 12.6. The molecule has 1 rings (SSSR count). The molecule has 0 bridgehead atoms. The van der Waals surface area contributed by atoms with Gasteiger partial charge in [-0.2, -0.15) is 0 Å². The summed E-state index contributed by atoms with van der Waals surface area (Å²) >= 11 is 0. The van der Waals surface area contributed by atoms with E-state index in [1.807, 2.05) is 0 Å². The van der Waals surface area contributed by atoms with Crippen LogP contribution in [0.1, 0.15) is 11.5 Å². The summed E-state index contributed by atoms with van der Waals surface area (Å²) in [7, 11) is 0. The van der Waals surface area contributed by atoms with Gasteiger partial charge >= 0.3 is 0 Å². The Kier molecular flexibility index (Phi) is 2.42. The molecule has 12 heavy (non-hydrogen) atoms. The van der Waals surface area contributed by atoms with E-state index in [1.165, 1.54) is 6.07 Å². The number of nitrogens with two attached hydrogens (primary N) is 1. The lowest BCUT2D eigenvalue weighted by Gasteiger charge is -2.10. The molecule has 0 aliphatic carbocycles. The molecule has 0 saturated heterocycles. The van der Waals surface area contributed by atoms with Crippen molar-refractivity contribution in [1.82, 2.24) is 5.16 Å². The number of hydrogen-bond donors (Lipinski definition) is 1. The predicted molar refractivity (Wildman–Crippen MR) is 38.9 cm³/mol. The maximum absolute atomic E-state index is 12.6. The summed E-state index contributed by atoms with van der Waals surface area (Å²) in [6.45, 7) is 0.982. The highest BCUT2D eigenvalue weighted by Gasteiger charge is 2.28. The zero-order valence-electron chi connectivity index (χ0n) is 6.68.